The average molecular weight is 505 g/mol. The minimum absolute atomic E-state index is 0.0280. The summed E-state index contributed by atoms with van der Waals surface area (Å²) in [4.78, 5) is 28.8. The van der Waals surface area contributed by atoms with Crippen LogP contribution in [0.4, 0.5) is 0 Å². The number of fused-ring (bicyclic) bond motifs is 1. The summed E-state index contributed by atoms with van der Waals surface area (Å²) in [6.45, 7) is 14.8. The molecule has 1 aromatic heterocycles. The fourth-order valence-electron chi connectivity index (χ4n) is 4.13. The molecule has 0 aliphatic rings. The average Bonchev–Trinajstić information content (AvgIpc) is 2.80. The van der Waals surface area contributed by atoms with Crippen molar-refractivity contribution in [3.8, 4) is 11.5 Å². The number of nitrogens with zero attached hydrogens (tertiary/aromatic N) is 1. The summed E-state index contributed by atoms with van der Waals surface area (Å²) >= 11 is 0. The van der Waals surface area contributed by atoms with E-state index in [1.54, 1.807) is 6.07 Å². The van der Waals surface area contributed by atoms with Crippen molar-refractivity contribution in [2.45, 2.75) is 73.1 Å². The SMILES string of the molecule is CC(C)CCc1nc(C(=O)NCC(C)(C)CC(=O)O)cc2ccc(Oc3ccc(C(C)(C)C)cc3)cc12. The van der Waals surface area contributed by atoms with Crippen LogP contribution in [-0.2, 0) is 16.6 Å². The smallest absolute Gasteiger partial charge is 0.303 e. The lowest BCUT2D eigenvalue weighted by molar-refractivity contribution is -0.139. The van der Waals surface area contributed by atoms with Crippen molar-refractivity contribution >= 4 is 22.6 Å². The lowest BCUT2D eigenvalue weighted by Crippen LogP contribution is -2.35. The molecule has 1 amide bonds. The number of hydrogen-bond acceptors (Lipinski definition) is 4. The van der Waals surface area contributed by atoms with Crippen molar-refractivity contribution in [1.82, 2.24) is 10.3 Å². The maximum absolute atomic E-state index is 13.0. The Morgan fingerprint density at radius 2 is 1.62 bits per heavy atom. The van der Waals surface area contributed by atoms with Gasteiger partial charge in [0.1, 0.15) is 17.2 Å². The molecule has 2 aromatic carbocycles. The van der Waals surface area contributed by atoms with Gasteiger partial charge in [-0.05, 0) is 70.9 Å². The first kappa shape index (κ1) is 28.2. The van der Waals surface area contributed by atoms with E-state index in [4.69, 9.17) is 14.8 Å². The zero-order valence-corrected chi connectivity index (χ0v) is 23.1. The highest BCUT2D eigenvalue weighted by molar-refractivity contribution is 5.97. The molecule has 0 aliphatic heterocycles. The highest BCUT2D eigenvalue weighted by atomic mass is 16.5. The molecule has 3 rings (SSSR count). The van der Waals surface area contributed by atoms with Gasteiger partial charge in [0, 0.05) is 17.6 Å². The zero-order valence-electron chi connectivity index (χ0n) is 23.1. The third kappa shape index (κ3) is 8.04. The normalized spacial score (nSPS) is 12.1. The number of rotatable bonds is 10. The van der Waals surface area contributed by atoms with E-state index in [9.17, 15) is 9.59 Å². The van der Waals surface area contributed by atoms with Gasteiger partial charge >= 0.3 is 5.97 Å². The molecular weight excluding hydrogens is 464 g/mol. The van der Waals surface area contributed by atoms with Gasteiger partial charge in [0.05, 0.1) is 6.42 Å². The first-order valence-electron chi connectivity index (χ1n) is 13.0. The number of nitrogens with one attached hydrogen (secondary N) is 1. The predicted octanol–water partition coefficient (Wildman–Crippen LogP) is 7.14. The molecule has 6 nitrogen and oxygen atoms in total. The van der Waals surface area contributed by atoms with E-state index in [1.165, 1.54) is 5.56 Å². The number of aliphatic carboxylic acids is 1. The van der Waals surface area contributed by atoms with Crippen LogP contribution in [0, 0.1) is 11.3 Å². The molecule has 0 saturated carbocycles. The molecule has 0 spiro atoms. The van der Waals surface area contributed by atoms with Gasteiger partial charge in [-0.25, -0.2) is 4.98 Å². The number of amides is 1. The molecule has 6 heteroatoms. The monoisotopic (exact) mass is 504 g/mol. The van der Waals surface area contributed by atoms with Crippen molar-refractivity contribution in [2.24, 2.45) is 11.3 Å². The Balaban J connectivity index is 1.88. The van der Waals surface area contributed by atoms with Crippen molar-refractivity contribution in [1.29, 1.82) is 0 Å². The third-order valence-electron chi connectivity index (χ3n) is 6.39. The number of pyridine rings is 1. The number of ether oxygens (including phenoxy) is 1. The van der Waals surface area contributed by atoms with Crippen LogP contribution in [0.3, 0.4) is 0 Å². The minimum atomic E-state index is -0.887. The van der Waals surface area contributed by atoms with Gasteiger partial charge < -0.3 is 15.2 Å². The molecule has 0 saturated heterocycles. The van der Waals surface area contributed by atoms with Gasteiger partial charge in [-0.3, -0.25) is 9.59 Å². The third-order valence-corrected chi connectivity index (χ3v) is 6.39. The molecule has 0 aliphatic carbocycles. The van der Waals surface area contributed by atoms with Gasteiger partial charge in [-0.15, -0.1) is 0 Å². The molecule has 0 radical (unpaired) electrons. The second-order valence-electron chi connectivity index (χ2n) is 12.1. The number of carbonyl (C=O) groups excluding carboxylic acids is 1. The van der Waals surface area contributed by atoms with Crippen LogP contribution >= 0.6 is 0 Å². The Bertz CT molecular complexity index is 1250. The molecular formula is C31H40N2O4. The number of carbonyl (C=O) groups is 2. The lowest BCUT2D eigenvalue weighted by atomic mass is 9.87. The van der Waals surface area contributed by atoms with Crippen LogP contribution in [0.25, 0.3) is 10.8 Å². The summed E-state index contributed by atoms with van der Waals surface area (Å²) in [5.74, 6) is 0.791. The summed E-state index contributed by atoms with van der Waals surface area (Å²) in [6, 6.07) is 15.8. The van der Waals surface area contributed by atoms with Gasteiger partial charge in [0.15, 0.2) is 0 Å². The molecule has 2 N–H and O–H groups in total. The fraction of sp³-hybridized carbons (Fsp3) is 0.452. The van der Waals surface area contributed by atoms with Crippen LogP contribution < -0.4 is 10.1 Å². The maximum Gasteiger partial charge on any atom is 0.303 e. The van der Waals surface area contributed by atoms with Gasteiger partial charge in [-0.2, -0.15) is 0 Å². The van der Waals surface area contributed by atoms with E-state index >= 15 is 0 Å². The van der Waals surface area contributed by atoms with E-state index in [-0.39, 0.29) is 24.3 Å². The first-order valence-corrected chi connectivity index (χ1v) is 13.0. The van der Waals surface area contributed by atoms with Crippen LogP contribution in [0.5, 0.6) is 11.5 Å². The van der Waals surface area contributed by atoms with Crippen LogP contribution in [0.2, 0.25) is 0 Å². The van der Waals surface area contributed by atoms with Crippen molar-refractivity contribution < 1.29 is 19.4 Å². The number of hydrogen-bond donors (Lipinski definition) is 2. The Hall–Kier alpha value is -3.41. The summed E-state index contributed by atoms with van der Waals surface area (Å²) in [5.41, 5.74) is 1.96. The Morgan fingerprint density at radius 1 is 0.973 bits per heavy atom. The quantitative estimate of drug-likeness (QED) is 0.306. The second-order valence-corrected chi connectivity index (χ2v) is 12.1. The Labute approximate surface area is 220 Å². The fourth-order valence-corrected chi connectivity index (χ4v) is 4.13. The van der Waals surface area contributed by atoms with Crippen LogP contribution in [-0.4, -0.2) is 28.5 Å². The number of benzene rings is 2. The van der Waals surface area contributed by atoms with Gasteiger partial charge in [0.25, 0.3) is 5.91 Å². The van der Waals surface area contributed by atoms with E-state index in [0.717, 1.165) is 40.8 Å². The summed E-state index contributed by atoms with van der Waals surface area (Å²) in [7, 11) is 0. The number of aromatic nitrogens is 1. The van der Waals surface area contributed by atoms with E-state index in [0.29, 0.717) is 11.6 Å². The molecule has 1 heterocycles. The molecule has 0 fully saturated rings. The molecule has 0 bridgehead atoms. The highest BCUT2D eigenvalue weighted by Gasteiger charge is 2.23. The summed E-state index contributed by atoms with van der Waals surface area (Å²) < 4.78 is 6.17. The van der Waals surface area contributed by atoms with Crippen LogP contribution in [0.15, 0.2) is 48.5 Å². The maximum atomic E-state index is 13.0. The summed E-state index contributed by atoms with van der Waals surface area (Å²) in [6.07, 6.45) is 1.65. The van der Waals surface area contributed by atoms with Crippen molar-refractivity contribution in [3.05, 3.63) is 65.5 Å². The van der Waals surface area contributed by atoms with Gasteiger partial charge in [-0.1, -0.05) is 66.7 Å². The number of carboxylic acid groups (broad SMARTS) is 1. The summed E-state index contributed by atoms with van der Waals surface area (Å²) in [5, 5.41) is 13.9. The molecule has 0 unspecified atom stereocenters. The zero-order chi connectivity index (χ0) is 27.4. The molecule has 3 aromatic rings. The van der Waals surface area contributed by atoms with E-state index in [1.807, 2.05) is 44.2 Å². The lowest BCUT2D eigenvalue weighted by Gasteiger charge is -2.22. The largest absolute Gasteiger partial charge is 0.481 e. The number of aryl methyl sites for hydroxylation is 1. The second kappa shape index (κ2) is 11.3. The van der Waals surface area contributed by atoms with Crippen molar-refractivity contribution in [3.63, 3.8) is 0 Å². The minimum Gasteiger partial charge on any atom is -0.481 e. The Morgan fingerprint density at radius 3 is 2.22 bits per heavy atom. The highest BCUT2D eigenvalue weighted by Crippen LogP contribution is 2.30. The standard InChI is InChI=1S/C31H40N2O4/c1-20(2)8-15-26-25-17-24(37-23-13-10-22(11-14-23)30(3,4)5)12-9-21(25)16-27(33-26)29(36)32-19-31(6,7)18-28(34)35/h9-14,16-17,20H,8,15,18-19H2,1-7H3,(H,32,36)(H,34,35). The molecule has 198 valence electrons. The Kier molecular flexibility index (Phi) is 8.62. The predicted molar refractivity (Wildman–Crippen MR) is 148 cm³/mol. The van der Waals surface area contributed by atoms with Crippen LogP contribution in [0.1, 0.15) is 83.1 Å². The number of carboxylic acids is 1. The van der Waals surface area contributed by atoms with Crippen molar-refractivity contribution in [2.75, 3.05) is 6.54 Å². The van der Waals surface area contributed by atoms with E-state index in [2.05, 4.69) is 52.1 Å². The topological polar surface area (TPSA) is 88.5 Å². The molecule has 0 atom stereocenters. The molecule has 37 heavy (non-hydrogen) atoms. The van der Waals surface area contributed by atoms with E-state index < -0.39 is 11.4 Å². The first-order chi connectivity index (χ1) is 17.2. The van der Waals surface area contributed by atoms with Gasteiger partial charge in [0.2, 0.25) is 0 Å².